The van der Waals surface area contributed by atoms with Crippen molar-refractivity contribution in [1.29, 1.82) is 0 Å². The molecule has 198 valence electrons. The minimum absolute atomic E-state index is 0.00317. The van der Waals surface area contributed by atoms with Gasteiger partial charge in [0.1, 0.15) is 11.4 Å². The Balaban J connectivity index is 1.35. The van der Waals surface area contributed by atoms with E-state index in [0.717, 1.165) is 35.7 Å². The normalized spacial score (nSPS) is 24.4. The number of aliphatic imine (C=N–C) groups is 1. The second-order valence-corrected chi connectivity index (χ2v) is 13.0. The average molecular weight is 517 g/mol. The predicted octanol–water partition coefficient (Wildman–Crippen LogP) is 3.15. The number of piperidine rings is 1. The number of hydrogen-bond donors (Lipinski definition) is 1. The highest BCUT2D eigenvalue weighted by Gasteiger charge is 2.48. The first-order valence-electron chi connectivity index (χ1n) is 13.2. The van der Waals surface area contributed by atoms with Crippen LogP contribution in [0.3, 0.4) is 0 Å². The van der Waals surface area contributed by atoms with Crippen LogP contribution >= 0.6 is 0 Å². The van der Waals surface area contributed by atoms with E-state index in [1.807, 2.05) is 19.1 Å². The lowest BCUT2D eigenvalue weighted by Gasteiger charge is -2.34. The molecule has 1 spiro atoms. The molecule has 1 aliphatic carbocycles. The SMILES string of the molecule is CCC1CCC(C2=NC3(CCN(S(=O)(=O)CCc4ccc(C(=O)N(C)C)cc4C)CC3)C(=O)N2)CC1. The lowest BCUT2D eigenvalue weighted by atomic mass is 9.80. The first kappa shape index (κ1) is 26.8. The molecule has 1 N–H and O–H groups in total. The first-order chi connectivity index (χ1) is 17.0. The molecule has 3 aliphatic rings. The zero-order chi connectivity index (χ0) is 26.1. The third-order valence-electron chi connectivity index (χ3n) is 8.38. The Bertz CT molecular complexity index is 1130. The maximum atomic E-state index is 13.1. The fraction of sp³-hybridized carbons (Fsp3) is 0.667. The zero-order valence-corrected chi connectivity index (χ0v) is 22.9. The molecule has 9 heteroatoms. The molecule has 4 rings (SSSR count). The van der Waals surface area contributed by atoms with Crippen molar-refractivity contribution in [3.05, 3.63) is 34.9 Å². The molecule has 2 amide bonds. The van der Waals surface area contributed by atoms with Gasteiger partial charge in [-0.3, -0.25) is 14.6 Å². The van der Waals surface area contributed by atoms with Gasteiger partial charge >= 0.3 is 0 Å². The fourth-order valence-corrected chi connectivity index (χ4v) is 7.26. The lowest BCUT2D eigenvalue weighted by molar-refractivity contribution is -0.125. The molecular weight excluding hydrogens is 476 g/mol. The van der Waals surface area contributed by atoms with Gasteiger partial charge in [-0.15, -0.1) is 0 Å². The Hall–Kier alpha value is -2.26. The quantitative estimate of drug-likeness (QED) is 0.602. The largest absolute Gasteiger partial charge is 0.345 e. The molecule has 0 bridgehead atoms. The Morgan fingerprint density at radius 3 is 2.42 bits per heavy atom. The summed E-state index contributed by atoms with van der Waals surface area (Å²) >= 11 is 0. The van der Waals surface area contributed by atoms with Gasteiger partial charge in [-0.2, -0.15) is 0 Å². The summed E-state index contributed by atoms with van der Waals surface area (Å²) in [6.45, 7) is 4.76. The molecule has 8 nitrogen and oxygen atoms in total. The number of carbonyl (C=O) groups is 2. The molecule has 2 aliphatic heterocycles. The molecule has 0 radical (unpaired) electrons. The van der Waals surface area contributed by atoms with Crippen LogP contribution in [0.1, 0.15) is 73.4 Å². The number of nitrogens with one attached hydrogen (secondary N) is 1. The van der Waals surface area contributed by atoms with Crippen LogP contribution in [-0.2, 0) is 21.2 Å². The van der Waals surface area contributed by atoms with E-state index in [4.69, 9.17) is 4.99 Å². The average Bonchev–Trinajstić information content (AvgIpc) is 3.18. The summed E-state index contributed by atoms with van der Waals surface area (Å²) in [5, 5.41) is 3.06. The number of amidine groups is 1. The van der Waals surface area contributed by atoms with E-state index in [1.54, 1.807) is 20.2 Å². The van der Waals surface area contributed by atoms with Crippen LogP contribution < -0.4 is 5.32 Å². The molecule has 0 unspecified atom stereocenters. The smallest absolute Gasteiger partial charge is 0.253 e. The van der Waals surface area contributed by atoms with Crippen molar-refractivity contribution in [1.82, 2.24) is 14.5 Å². The highest BCUT2D eigenvalue weighted by Crippen LogP contribution is 2.36. The summed E-state index contributed by atoms with van der Waals surface area (Å²) in [6.07, 6.45) is 6.94. The van der Waals surface area contributed by atoms with E-state index in [2.05, 4.69) is 12.2 Å². The molecule has 1 aromatic rings. The van der Waals surface area contributed by atoms with E-state index in [-0.39, 0.29) is 17.6 Å². The Morgan fingerprint density at radius 2 is 1.83 bits per heavy atom. The molecule has 36 heavy (non-hydrogen) atoms. The number of aryl methyl sites for hydroxylation is 2. The van der Waals surface area contributed by atoms with Gasteiger partial charge in [0.25, 0.3) is 11.8 Å². The highest BCUT2D eigenvalue weighted by atomic mass is 32.2. The molecule has 0 aromatic heterocycles. The minimum atomic E-state index is -3.47. The highest BCUT2D eigenvalue weighted by molar-refractivity contribution is 7.89. The van der Waals surface area contributed by atoms with E-state index >= 15 is 0 Å². The maximum Gasteiger partial charge on any atom is 0.253 e. The molecule has 1 saturated carbocycles. The van der Waals surface area contributed by atoms with Gasteiger partial charge in [-0.05, 0) is 81.0 Å². The number of sulfonamides is 1. The third kappa shape index (κ3) is 5.52. The summed E-state index contributed by atoms with van der Waals surface area (Å²) in [7, 11) is -0.0507. The van der Waals surface area contributed by atoms with Crippen molar-refractivity contribution in [3.8, 4) is 0 Å². The van der Waals surface area contributed by atoms with Crippen molar-refractivity contribution in [2.75, 3.05) is 32.9 Å². The third-order valence-corrected chi connectivity index (χ3v) is 10.2. The first-order valence-corrected chi connectivity index (χ1v) is 14.9. The van der Waals surface area contributed by atoms with E-state index in [1.165, 1.54) is 28.5 Å². The number of nitrogens with zero attached hydrogens (tertiary/aromatic N) is 3. The van der Waals surface area contributed by atoms with Crippen LogP contribution in [0.2, 0.25) is 0 Å². The molecule has 1 saturated heterocycles. The summed E-state index contributed by atoms with van der Waals surface area (Å²) in [5.74, 6) is 1.80. The molecule has 1 aromatic carbocycles. The van der Waals surface area contributed by atoms with Crippen LogP contribution in [0.25, 0.3) is 0 Å². The number of carbonyl (C=O) groups excluding carboxylic acids is 2. The van der Waals surface area contributed by atoms with Crippen LogP contribution in [0.5, 0.6) is 0 Å². The van der Waals surface area contributed by atoms with Gasteiger partial charge in [0.15, 0.2) is 0 Å². The van der Waals surface area contributed by atoms with Gasteiger partial charge in [-0.1, -0.05) is 19.4 Å². The Morgan fingerprint density at radius 1 is 1.17 bits per heavy atom. The predicted molar refractivity (Wildman–Crippen MR) is 142 cm³/mol. The Kier molecular flexibility index (Phi) is 7.90. The van der Waals surface area contributed by atoms with E-state index in [0.29, 0.717) is 43.8 Å². The van der Waals surface area contributed by atoms with Crippen LogP contribution in [-0.4, -0.2) is 73.7 Å². The van der Waals surface area contributed by atoms with Crippen LogP contribution in [0.4, 0.5) is 0 Å². The monoisotopic (exact) mass is 516 g/mol. The summed E-state index contributed by atoms with van der Waals surface area (Å²) in [6, 6.07) is 5.42. The van der Waals surface area contributed by atoms with Gasteiger partial charge in [-0.25, -0.2) is 12.7 Å². The summed E-state index contributed by atoms with van der Waals surface area (Å²) in [4.78, 5) is 31.5. The second-order valence-electron chi connectivity index (χ2n) is 10.9. The molecule has 2 fully saturated rings. The van der Waals surface area contributed by atoms with Crippen molar-refractivity contribution >= 4 is 27.7 Å². The van der Waals surface area contributed by atoms with Crippen LogP contribution in [0.15, 0.2) is 23.2 Å². The Labute approximate surface area is 215 Å². The molecule has 2 heterocycles. The van der Waals surface area contributed by atoms with Gasteiger partial charge < -0.3 is 10.2 Å². The van der Waals surface area contributed by atoms with Gasteiger partial charge in [0, 0.05) is 38.7 Å². The molecular formula is C27H40N4O4S. The number of hydrogen-bond acceptors (Lipinski definition) is 5. The number of benzene rings is 1. The van der Waals surface area contributed by atoms with E-state index in [9.17, 15) is 18.0 Å². The van der Waals surface area contributed by atoms with Crippen molar-refractivity contribution < 1.29 is 18.0 Å². The van der Waals surface area contributed by atoms with Crippen LogP contribution in [0, 0.1) is 18.8 Å². The second kappa shape index (κ2) is 10.6. The minimum Gasteiger partial charge on any atom is -0.345 e. The van der Waals surface area contributed by atoms with E-state index < -0.39 is 15.6 Å². The van der Waals surface area contributed by atoms with Gasteiger partial charge in [0.05, 0.1) is 5.75 Å². The van der Waals surface area contributed by atoms with Gasteiger partial charge in [0.2, 0.25) is 10.0 Å². The topological polar surface area (TPSA) is 99.2 Å². The number of rotatable bonds is 7. The van der Waals surface area contributed by atoms with Crippen molar-refractivity contribution in [2.45, 2.75) is 70.8 Å². The maximum absolute atomic E-state index is 13.1. The summed E-state index contributed by atoms with van der Waals surface area (Å²) in [5.41, 5.74) is 1.62. The summed E-state index contributed by atoms with van der Waals surface area (Å²) < 4.78 is 27.8. The van der Waals surface area contributed by atoms with Crippen molar-refractivity contribution in [3.63, 3.8) is 0 Å². The van der Waals surface area contributed by atoms with Crippen molar-refractivity contribution in [2.24, 2.45) is 16.8 Å². The lowest BCUT2D eigenvalue weighted by Crippen LogP contribution is -2.51. The fourth-order valence-electron chi connectivity index (χ4n) is 5.79. The number of amides is 2. The molecule has 0 atom stereocenters. The standard InChI is InChI=1S/C27H40N4O4S/c1-5-20-6-8-22(9-7-20)24-28-26(33)27(29-24)13-15-31(16-14-27)36(34,35)17-12-21-10-11-23(18-19(21)2)25(32)30(3)4/h10-11,18,20,22H,5-9,12-17H2,1-4H3,(H,28,29,33). The zero-order valence-electron chi connectivity index (χ0n) is 22.0.